The van der Waals surface area contributed by atoms with Crippen molar-refractivity contribution in [1.82, 2.24) is 5.32 Å². The van der Waals surface area contributed by atoms with Gasteiger partial charge in [-0.15, -0.1) is 0 Å². The van der Waals surface area contributed by atoms with E-state index in [0.717, 1.165) is 6.54 Å². The van der Waals surface area contributed by atoms with Crippen molar-refractivity contribution in [2.75, 3.05) is 6.54 Å². The molecule has 6 aliphatic rings. The summed E-state index contributed by atoms with van der Waals surface area (Å²) >= 11 is 0. The lowest BCUT2D eigenvalue weighted by atomic mass is 9.66. The molecule has 0 aromatic heterocycles. The van der Waals surface area contributed by atoms with Crippen LogP contribution >= 0.6 is 0 Å². The normalized spacial score (nSPS) is 30.3. The van der Waals surface area contributed by atoms with Gasteiger partial charge in [0.05, 0.1) is 0 Å². The number of hydrogen-bond donors (Lipinski definition) is 1. The lowest BCUT2D eigenvalue weighted by Gasteiger charge is -2.38. The lowest BCUT2D eigenvalue weighted by Crippen LogP contribution is -2.24. The summed E-state index contributed by atoms with van der Waals surface area (Å²) in [4.78, 5) is 0. The van der Waals surface area contributed by atoms with E-state index in [2.05, 4.69) is 90.5 Å². The molecule has 4 atom stereocenters. The van der Waals surface area contributed by atoms with Crippen LogP contribution in [0.15, 0.2) is 119 Å². The molecule has 0 saturated heterocycles. The maximum atomic E-state index is 3.38. The molecule has 1 aliphatic heterocycles. The average molecular weight is 514 g/mol. The fraction of sp³-hybridized carbons (Fsp3) is 0.421. The molecule has 1 heterocycles. The van der Waals surface area contributed by atoms with Gasteiger partial charge < -0.3 is 5.32 Å². The molecule has 1 aromatic carbocycles. The third-order valence-electron chi connectivity index (χ3n) is 10.4. The van der Waals surface area contributed by atoms with Crippen molar-refractivity contribution in [2.45, 2.75) is 82.5 Å². The van der Waals surface area contributed by atoms with Crippen LogP contribution in [0.1, 0.15) is 93.6 Å². The highest BCUT2D eigenvalue weighted by Crippen LogP contribution is 2.49. The van der Waals surface area contributed by atoms with Gasteiger partial charge in [-0.3, -0.25) is 0 Å². The van der Waals surface area contributed by atoms with Crippen molar-refractivity contribution in [3.05, 3.63) is 130 Å². The smallest absolute Gasteiger partial charge is 0.0182 e. The minimum absolute atomic E-state index is 0.537. The maximum absolute atomic E-state index is 3.38. The van der Waals surface area contributed by atoms with Crippen molar-refractivity contribution in [3.8, 4) is 0 Å². The minimum Gasteiger partial charge on any atom is -0.390 e. The highest BCUT2D eigenvalue weighted by molar-refractivity contribution is 5.47. The van der Waals surface area contributed by atoms with E-state index in [1.807, 2.05) is 0 Å². The van der Waals surface area contributed by atoms with E-state index in [0.29, 0.717) is 23.7 Å². The van der Waals surface area contributed by atoms with Gasteiger partial charge in [0.1, 0.15) is 0 Å². The molecule has 7 rings (SSSR count). The van der Waals surface area contributed by atoms with Gasteiger partial charge in [-0.25, -0.2) is 0 Å². The average Bonchev–Trinajstić information content (AvgIpc) is 3.57. The Labute approximate surface area is 235 Å². The van der Waals surface area contributed by atoms with E-state index in [9.17, 15) is 0 Å². The topological polar surface area (TPSA) is 12.0 Å². The third-order valence-corrected chi connectivity index (χ3v) is 10.4. The molecule has 0 radical (unpaired) electrons. The second-order valence-electron chi connectivity index (χ2n) is 12.5. The van der Waals surface area contributed by atoms with Crippen LogP contribution in [0.3, 0.4) is 0 Å². The highest BCUT2D eigenvalue weighted by atomic mass is 14.8. The first-order valence-electron chi connectivity index (χ1n) is 15.7. The number of fused-ring (bicyclic) bond motifs is 1. The van der Waals surface area contributed by atoms with Crippen LogP contribution in [0.2, 0.25) is 0 Å². The molecule has 1 aromatic rings. The van der Waals surface area contributed by atoms with Crippen molar-refractivity contribution >= 4 is 0 Å². The van der Waals surface area contributed by atoms with Crippen LogP contribution in [-0.2, 0) is 0 Å². The SMILES string of the molecule is C1=CC2=C(C3CC=C(C4=CC=C(C5=CNCC5)CC4)CC3)CCC(c3cccc(C4CC=CCC4)c3)C2C=C1. The highest BCUT2D eigenvalue weighted by Gasteiger charge is 2.34. The van der Waals surface area contributed by atoms with Crippen LogP contribution < -0.4 is 5.32 Å². The Morgan fingerprint density at radius 2 is 1.62 bits per heavy atom. The zero-order chi connectivity index (χ0) is 26.0. The van der Waals surface area contributed by atoms with E-state index >= 15 is 0 Å². The summed E-state index contributed by atoms with van der Waals surface area (Å²) in [5.41, 5.74) is 12.8. The first kappa shape index (κ1) is 24.9. The molecule has 39 heavy (non-hydrogen) atoms. The standard InChI is InChI=1S/C38H43N/c1-2-7-27(8-3-1)32-9-6-10-33(25-32)36-22-21-35(37-11-4-5-12-38(36)37)31-19-17-29(18-20-31)28-13-15-30(16-14-28)34-23-24-39-26-34/h1-2,4-6,9-13,15,17,25-27,31,36,38-39H,3,7-8,14,16,18-24H2. The Bertz CT molecular complexity index is 1350. The van der Waals surface area contributed by atoms with Crippen molar-refractivity contribution in [2.24, 2.45) is 11.8 Å². The summed E-state index contributed by atoms with van der Waals surface area (Å²) in [5.74, 6) is 2.56. The second kappa shape index (κ2) is 11.2. The zero-order valence-electron chi connectivity index (χ0n) is 23.4. The molecule has 0 saturated carbocycles. The molecule has 0 spiro atoms. The molecule has 5 aliphatic carbocycles. The Morgan fingerprint density at radius 1 is 0.718 bits per heavy atom. The maximum Gasteiger partial charge on any atom is 0.0182 e. The molecular weight excluding hydrogens is 470 g/mol. The molecule has 0 amide bonds. The minimum atomic E-state index is 0.537. The number of allylic oxidation sites excluding steroid dienone is 14. The Kier molecular flexibility index (Phi) is 7.16. The molecular formula is C38H43N. The summed E-state index contributed by atoms with van der Waals surface area (Å²) in [6.45, 7) is 1.10. The van der Waals surface area contributed by atoms with Crippen LogP contribution in [-0.4, -0.2) is 6.54 Å². The fourth-order valence-electron chi connectivity index (χ4n) is 8.16. The molecule has 0 fully saturated rings. The second-order valence-corrected chi connectivity index (χ2v) is 12.5. The first-order chi connectivity index (χ1) is 19.3. The third kappa shape index (κ3) is 5.13. The van der Waals surface area contributed by atoms with Gasteiger partial charge in [-0.05, 0) is 127 Å². The summed E-state index contributed by atoms with van der Waals surface area (Å²) in [6.07, 6.45) is 37.6. The predicted molar refractivity (Wildman–Crippen MR) is 164 cm³/mol. The molecule has 200 valence electrons. The number of benzene rings is 1. The largest absolute Gasteiger partial charge is 0.390 e. The van der Waals surface area contributed by atoms with E-state index in [1.165, 1.54) is 76.2 Å². The number of hydrogen-bond acceptors (Lipinski definition) is 1. The molecule has 1 heteroatoms. The van der Waals surface area contributed by atoms with Crippen LogP contribution in [0, 0.1) is 11.8 Å². The van der Waals surface area contributed by atoms with Gasteiger partial charge >= 0.3 is 0 Å². The van der Waals surface area contributed by atoms with E-state index in [-0.39, 0.29) is 0 Å². The summed E-state index contributed by atoms with van der Waals surface area (Å²) in [5, 5.41) is 3.38. The number of nitrogens with one attached hydrogen (secondary N) is 1. The van der Waals surface area contributed by atoms with Gasteiger partial charge in [0, 0.05) is 18.7 Å². The van der Waals surface area contributed by atoms with E-state index in [4.69, 9.17) is 0 Å². The van der Waals surface area contributed by atoms with Gasteiger partial charge in [-0.2, -0.15) is 0 Å². The monoisotopic (exact) mass is 513 g/mol. The van der Waals surface area contributed by atoms with Crippen molar-refractivity contribution in [1.29, 1.82) is 0 Å². The quantitative estimate of drug-likeness (QED) is 0.386. The van der Waals surface area contributed by atoms with Gasteiger partial charge in [0.2, 0.25) is 0 Å². The summed E-state index contributed by atoms with van der Waals surface area (Å²) in [7, 11) is 0. The summed E-state index contributed by atoms with van der Waals surface area (Å²) in [6, 6.07) is 9.69. The van der Waals surface area contributed by atoms with Crippen molar-refractivity contribution < 1.29 is 0 Å². The molecule has 0 bridgehead atoms. The Morgan fingerprint density at radius 3 is 2.38 bits per heavy atom. The predicted octanol–water partition coefficient (Wildman–Crippen LogP) is 9.68. The molecule has 4 unspecified atom stereocenters. The van der Waals surface area contributed by atoms with E-state index in [1.54, 1.807) is 39.0 Å². The van der Waals surface area contributed by atoms with Crippen LogP contribution in [0.5, 0.6) is 0 Å². The van der Waals surface area contributed by atoms with Gasteiger partial charge in [0.25, 0.3) is 0 Å². The van der Waals surface area contributed by atoms with Gasteiger partial charge in [-0.1, -0.05) is 84.5 Å². The molecule has 1 N–H and O–H groups in total. The fourth-order valence-corrected chi connectivity index (χ4v) is 8.16. The lowest BCUT2D eigenvalue weighted by molar-refractivity contribution is 0.436. The zero-order valence-corrected chi connectivity index (χ0v) is 23.4. The molecule has 1 nitrogen and oxygen atoms in total. The first-order valence-corrected chi connectivity index (χ1v) is 15.7. The summed E-state index contributed by atoms with van der Waals surface area (Å²) < 4.78 is 0. The van der Waals surface area contributed by atoms with Crippen LogP contribution in [0.25, 0.3) is 0 Å². The number of rotatable bonds is 5. The Hall–Kier alpha value is -3.06. The Balaban J connectivity index is 1.08. The van der Waals surface area contributed by atoms with Gasteiger partial charge in [0.15, 0.2) is 0 Å². The van der Waals surface area contributed by atoms with Crippen molar-refractivity contribution in [3.63, 3.8) is 0 Å². The van der Waals surface area contributed by atoms with E-state index < -0.39 is 0 Å². The van der Waals surface area contributed by atoms with Crippen LogP contribution in [0.4, 0.5) is 0 Å².